The number of carbonyl (C=O) groups is 2. The average Bonchev–Trinajstić information content (AvgIpc) is 3.00. The standard InChI is InChI=1S/C19H21N3O3S/c1-21-15-9-22(8-14(18(21)23)10-25-11-15)19(24)16-12-26-17(20-16)7-13-5-3-2-4-6-13/h2-6,12,14-15H,7-11H2,1H3/t14-,15+/m1/s1. The number of amides is 2. The highest BCUT2D eigenvalue weighted by Gasteiger charge is 2.39. The highest BCUT2D eigenvalue weighted by atomic mass is 32.1. The van der Waals surface area contributed by atoms with Gasteiger partial charge in [0, 0.05) is 31.9 Å². The number of aromatic nitrogens is 1. The number of fused-ring (bicyclic) bond motifs is 3. The largest absolute Gasteiger partial charge is 0.378 e. The zero-order valence-electron chi connectivity index (χ0n) is 14.6. The molecule has 2 aliphatic heterocycles. The Kier molecular flexibility index (Phi) is 4.74. The van der Waals surface area contributed by atoms with E-state index >= 15 is 0 Å². The van der Waals surface area contributed by atoms with Gasteiger partial charge in [0.2, 0.25) is 5.91 Å². The van der Waals surface area contributed by atoms with Gasteiger partial charge in [0.05, 0.1) is 30.2 Å². The van der Waals surface area contributed by atoms with Crippen molar-refractivity contribution in [3.8, 4) is 0 Å². The normalized spacial score (nSPS) is 23.0. The van der Waals surface area contributed by atoms with Gasteiger partial charge < -0.3 is 14.5 Å². The van der Waals surface area contributed by atoms with E-state index in [1.807, 2.05) is 23.6 Å². The molecule has 26 heavy (non-hydrogen) atoms. The van der Waals surface area contributed by atoms with Gasteiger partial charge in [-0.15, -0.1) is 11.3 Å². The van der Waals surface area contributed by atoms with Gasteiger partial charge in [-0.1, -0.05) is 30.3 Å². The number of rotatable bonds is 3. The molecular formula is C19H21N3O3S. The van der Waals surface area contributed by atoms with E-state index in [2.05, 4.69) is 17.1 Å². The van der Waals surface area contributed by atoms with Crippen LogP contribution in [-0.4, -0.2) is 66.0 Å². The number of hydrogen-bond donors (Lipinski definition) is 0. The number of nitrogens with zero attached hydrogens (tertiary/aromatic N) is 3. The van der Waals surface area contributed by atoms with Gasteiger partial charge in [0.25, 0.3) is 5.91 Å². The average molecular weight is 371 g/mol. The van der Waals surface area contributed by atoms with Crippen LogP contribution in [0.3, 0.4) is 0 Å². The maximum atomic E-state index is 13.0. The summed E-state index contributed by atoms with van der Waals surface area (Å²) in [7, 11) is 1.80. The van der Waals surface area contributed by atoms with E-state index in [0.29, 0.717) is 32.0 Å². The molecule has 2 amide bonds. The Morgan fingerprint density at radius 3 is 2.88 bits per heavy atom. The molecular weight excluding hydrogens is 350 g/mol. The molecule has 2 saturated heterocycles. The van der Waals surface area contributed by atoms with E-state index in [1.165, 1.54) is 16.9 Å². The fourth-order valence-electron chi connectivity index (χ4n) is 3.49. The van der Waals surface area contributed by atoms with Gasteiger partial charge in [-0.3, -0.25) is 9.59 Å². The van der Waals surface area contributed by atoms with Crippen molar-refractivity contribution in [2.45, 2.75) is 12.5 Å². The van der Waals surface area contributed by atoms with E-state index in [0.717, 1.165) is 11.4 Å². The van der Waals surface area contributed by atoms with Crippen LogP contribution in [0.15, 0.2) is 35.7 Å². The molecule has 7 heteroatoms. The predicted octanol–water partition coefficient (Wildman–Crippen LogP) is 1.66. The second-order valence-electron chi connectivity index (χ2n) is 6.84. The van der Waals surface area contributed by atoms with Crippen LogP contribution in [0.1, 0.15) is 21.1 Å². The molecule has 6 nitrogen and oxygen atoms in total. The van der Waals surface area contributed by atoms with Crippen molar-refractivity contribution in [1.29, 1.82) is 0 Å². The quantitative estimate of drug-likeness (QED) is 0.823. The maximum absolute atomic E-state index is 13.0. The van der Waals surface area contributed by atoms with Crippen molar-refractivity contribution in [3.05, 3.63) is 52.0 Å². The van der Waals surface area contributed by atoms with E-state index in [9.17, 15) is 9.59 Å². The molecule has 136 valence electrons. The summed E-state index contributed by atoms with van der Waals surface area (Å²) >= 11 is 1.50. The van der Waals surface area contributed by atoms with Gasteiger partial charge >= 0.3 is 0 Å². The number of thiazole rings is 1. The zero-order chi connectivity index (χ0) is 18.1. The van der Waals surface area contributed by atoms with Crippen LogP contribution in [0, 0.1) is 5.92 Å². The Morgan fingerprint density at radius 1 is 1.27 bits per heavy atom. The summed E-state index contributed by atoms with van der Waals surface area (Å²) in [6.45, 7) is 1.73. The molecule has 2 bridgehead atoms. The minimum absolute atomic E-state index is 0.0610. The number of ether oxygens (including phenoxy) is 1. The third kappa shape index (κ3) is 3.37. The fourth-order valence-corrected chi connectivity index (χ4v) is 4.29. The second-order valence-corrected chi connectivity index (χ2v) is 7.78. The summed E-state index contributed by atoms with van der Waals surface area (Å²) in [6.07, 6.45) is 0.721. The third-order valence-electron chi connectivity index (χ3n) is 5.00. The molecule has 0 saturated carbocycles. The smallest absolute Gasteiger partial charge is 0.273 e. The van der Waals surface area contributed by atoms with E-state index in [4.69, 9.17) is 4.74 Å². The van der Waals surface area contributed by atoms with Gasteiger partial charge in [-0.05, 0) is 5.56 Å². The number of carbonyl (C=O) groups excluding carboxylic acids is 2. The van der Waals surface area contributed by atoms with Crippen LogP contribution in [0.4, 0.5) is 0 Å². The van der Waals surface area contributed by atoms with Crippen LogP contribution >= 0.6 is 11.3 Å². The van der Waals surface area contributed by atoms with Crippen molar-refractivity contribution in [1.82, 2.24) is 14.8 Å². The summed E-state index contributed by atoms with van der Waals surface area (Å²) in [5, 5.41) is 2.75. The highest BCUT2D eigenvalue weighted by Crippen LogP contribution is 2.22. The minimum Gasteiger partial charge on any atom is -0.378 e. The Labute approximate surface area is 156 Å². The molecule has 2 fully saturated rings. The lowest BCUT2D eigenvalue weighted by Gasteiger charge is -2.28. The molecule has 2 atom stereocenters. The maximum Gasteiger partial charge on any atom is 0.273 e. The van der Waals surface area contributed by atoms with Crippen molar-refractivity contribution < 1.29 is 14.3 Å². The fraction of sp³-hybridized carbons (Fsp3) is 0.421. The lowest BCUT2D eigenvalue weighted by molar-refractivity contribution is -0.133. The Hall–Kier alpha value is -2.25. The molecule has 0 aliphatic carbocycles. The minimum atomic E-state index is -0.293. The summed E-state index contributed by atoms with van der Waals surface area (Å²) in [4.78, 5) is 33.4. The number of benzene rings is 1. The first-order chi connectivity index (χ1) is 12.6. The predicted molar refractivity (Wildman–Crippen MR) is 98.1 cm³/mol. The Balaban J connectivity index is 1.50. The van der Waals surface area contributed by atoms with Crippen LogP contribution in [0.2, 0.25) is 0 Å². The van der Waals surface area contributed by atoms with Gasteiger partial charge in [-0.2, -0.15) is 0 Å². The topological polar surface area (TPSA) is 62.7 Å². The van der Waals surface area contributed by atoms with Gasteiger partial charge in [0.15, 0.2) is 0 Å². The first kappa shape index (κ1) is 17.2. The van der Waals surface area contributed by atoms with Gasteiger partial charge in [-0.25, -0.2) is 4.98 Å². The van der Waals surface area contributed by atoms with Crippen LogP contribution in [0.25, 0.3) is 0 Å². The Morgan fingerprint density at radius 2 is 2.08 bits per heavy atom. The second kappa shape index (κ2) is 7.17. The Bertz CT molecular complexity index is 807. The molecule has 2 aromatic rings. The first-order valence-corrected chi connectivity index (χ1v) is 9.62. The summed E-state index contributed by atoms with van der Waals surface area (Å²) in [6, 6.07) is 10.0. The molecule has 3 heterocycles. The lowest BCUT2D eigenvalue weighted by Crippen LogP contribution is -2.45. The summed E-state index contributed by atoms with van der Waals surface area (Å²) in [5.74, 6) is -0.328. The van der Waals surface area contributed by atoms with Crippen LogP contribution in [0.5, 0.6) is 0 Å². The van der Waals surface area contributed by atoms with Gasteiger partial charge in [0.1, 0.15) is 5.69 Å². The van der Waals surface area contributed by atoms with Crippen LogP contribution < -0.4 is 0 Å². The van der Waals surface area contributed by atoms with Crippen molar-refractivity contribution in [2.24, 2.45) is 5.92 Å². The zero-order valence-corrected chi connectivity index (χ0v) is 15.4. The van der Waals surface area contributed by atoms with Crippen molar-refractivity contribution >= 4 is 23.2 Å². The SMILES string of the molecule is CN1C(=O)[C@H]2COC[C@@H]1CN(C(=O)c1csc(Cc3ccccc3)n1)C2. The van der Waals surface area contributed by atoms with Crippen molar-refractivity contribution in [3.63, 3.8) is 0 Å². The molecule has 0 N–H and O–H groups in total. The third-order valence-corrected chi connectivity index (χ3v) is 5.85. The number of likely N-dealkylation sites (N-methyl/N-ethyl adjacent to an activating group) is 1. The molecule has 1 aromatic carbocycles. The monoisotopic (exact) mass is 371 g/mol. The molecule has 2 aliphatic rings. The summed E-state index contributed by atoms with van der Waals surface area (Å²) < 4.78 is 5.59. The lowest BCUT2D eigenvalue weighted by atomic mass is 10.1. The molecule has 0 spiro atoms. The highest BCUT2D eigenvalue weighted by molar-refractivity contribution is 7.09. The van der Waals surface area contributed by atoms with Crippen LogP contribution in [-0.2, 0) is 16.0 Å². The van der Waals surface area contributed by atoms with E-state index < -0.39 is 0 Å². The number of hydrogen-bond acceptors (Lipinski definition) is 5. The molecule has 0 unspecified atom stereocenters. The molecule has 4 rings (SSSR count). The van der Waals surface area contributed by atoms with E-state index in [-0.39, 0.29) is 23.8 Å². The molecule has 1 aromatic heterocycles. The van der Waals surface area contributed by atoms with Crippen molar-refractivity contribution in [2.75, 3.05) is 33.4 Å². The first-order valence-electron chi connectivity index (χ1n) is 8.74. The van der Waals surface area contributed by atoms with E-state index in [1.54, 1.807) is 16.8 Å². The molecule has 0 radical (unpaired) electrons. The summed E-state index contributed by atoms with van der Waals surface area (Å²) in [5.41, 5.74) is 1.64.